The summed E-state index contributed by atoms with van der Waals surface area (Å²) in [7, 11) is 0. The van der Waals surface area contributed by atoms with E-state index in [9.17, 15) is 9.59 Å². The number of Topliss-reactive ketones (excluding diaryl/α,β-unsaturated/α-hetero) is 2. The molecule has 0 N–H and O–H groups in total. The third-order valence-corrected chi connectivity index (χ3v) is 5.41. The Morgan fingerprint density at radius 3 is 1.67 bits per heavy atom. The summed E-state index contributed by atoms with van der Waals surface area (Å²) in [4.78, 5) is 25.7. The first kappa shape index (κ1) is 17.4. The molecule has 0 bridgehead atoms. The van der Waals surface area contributed by atoms with Crippen LogP contribution in [-0.4, -0.2) is 11.6 Å². The molecule has 0 saturated carbocycles. The van der Waals surface area contributed by atoms with Gasteiger partial charge in [0.05, 0.1) is 0 Å². The molecule has 0 atom stereocenters. The zero-order valence-electron chi connectivity index (χ0n) is 15.9. The Morgan fingerprint density at radius 1 is 0.875 bits per heavy atom. The van der Waals surface area contributed by atoms with Gasteiger partial charge >= 0.3 is 0 Å². The standard InChI is InChI=1S/C21H30O3/c1-12(2)7-13-18-14(22)8-20(3,4)10-16(18)24-17-11-21(5,6)9-15(23)19(13)17/h12-13H,7-11H2,1-6H3. The smallest absolute Gasteiger partial charge is 0.163 e. The molecular weight excluding hydrogens is 300 g/mol. The molecule has 0 aromatic rings. The lowest BCUT2D eigenvalue weighted by molar-refractivity contribution is -0.121. The average molecular weight is 330 g/mol. The van der Waals surface area contributed by atoms with E-state index in [-0.39, 0.29) is 28.3 Å². The van der Waals surface area contributed by atoms with Crippen LogP contribution >= 0.6 is 0 Å². The van der Waals surface area contributed by atoms with E-state index in [1.54, 1.807) is 0 Å². The highest BCUT2D eigenvalue weighted by Gasteiger charge is 2.47. The highest BCUT2D eigenvalue weighted by Crippen LogP contribution is 2.51. The van der Waals surface area contributed by atoms with Crippen LogP contribution in [0.3, 0.4) is 0 Å². The summed E-state index contributed by atoms with van der Waals surface area (Å²) in [6, 6.07) is 0. The van der Waals surface area contributed by atoms with Gasteiger partial charge in [-0.15, -0.1) is 0 Å². The zero-order valence-corrected chi connectivity index (χ0v) is 15.9. The second-order valence-corrected chi connectivity index (χ2v) is 9.84. The lowest BCUT2D eigenvalue weighted by atomic mass is 9.65. The molecule has 3 aliphatic rings. The van der Waals surface area contributed by atoms with Crippen LogP contribution in [-0.2, 0) is 14.3 Å². The summed E-state index contributed by atoms with van der Waals surface area (Å²) in [5, 5.41) is 0. The molecule has 132 valence electrons. The van der Waals surface area contributed by atoms with Gasteiger partial charge in [-0.1, -0.05) is 41.5 Å². The minimum atomic E-state index is -0.0649. The first-order valence-corrected chi connectivity index (χ1v) is 9.19. The first-order chi connectivity index (χ1) is 11.0. The highest BCUT2D eigenvalue weighted by atomic mass is 16.5. The number of allylic oxidation sites excluding steroid dienone is 4. The molecule has 24 heavy (non-hydrogen) atoms. The Morgan fingerprint density at radius 2 is 1.29 bits per heavy atom. The predicted molar refractivity (Wildman–Crippen MR) is 94.1 cm³/mol. The maximum absolute atomic E-state index is 12.9. The van der Waals surface area contributed by atoms with Gasteiger partial charge in [0.2, 0.25) is 0 Å². The molecule has 0 unspecified atom stereocenters. The molecular formula is C21H30O3. The van der Waals surface area contributed by atoms with Gasteiger partial charge in [0.15, 0.2) is 11.6 Å². The summed E-state index contributed by atoms with van der Waals surface area (Å²) in [5.74, 6) is 2.40. The molecule has 0 aromatic carbocycles. The molecule has 0 saturated heterocycles. The van der Waals surface area contributed by atoms with Crippen LogP contribution in [0.5, 0.6) is 0 Å². The monoisotopic (exact) mass is 330 g/mol. The van der Waals surface area contributed by atoms with E-state index in [0.717, 1.165) is 41.9 Å². The van der Waals surface area contributed by atoms with Gasteiger partial charge in [-0.05, 0) is 23.2 Å². The number of ketones is 2. The van der Waals surface area contributed by atoms with Gasteiger partial charge < -0.3 is 4.74 Å². The molecule has 3 rings (SSSR count). The molecule has 0 fully saturated rings. The van der Waals surface area contributed by atoms with Gasteiger partial charge in [0.25, 0.3) is 0 Å². The average Bonchev–Trinajstić information content (AvgIpc) is 2.32. The molecule has 1 heterocycles. The van der Waals surface area contributed by atoms with Crippen molar-refractivity contribution in [2.75, 3.05) is 0 Å². The van der Waals surface area contributed by atoms with Crippen molar-refractivity contribution in [2.45, 2.75) is 73.6 Å². The molecule has 3 nitrogen and oxygen atoms in total. The molecule has 3 heteroatoms. The number of hydrogen-bond donors (Lipinski definition) is 0. The SMILES string of the molecule is CC(C)CC1C2=C(CC(C)(C)CC2=O)OC2=C1C(=O)CC(C)(C)C2. The number of carbonyl (C=O) groups excluding carboxylic acids is 2. The summed E-state index contributed by atoms with van der Waals surface area (Å²) in [6.45, 7) is 12.8. The van der Waals surface area contributed by atoms with E-state index in [0.29, 0.717) is 18.8 Å². The molecule has 0 amide bonds. The second-order valence-electron chi connectivity index (χ2n) is 9.84. The quantitative estimate of drug-likeness (QED) is 0.718. The van der Waals surface area contributed by atoms with E-state index >= 15 is 0 Å². The zero-order chi connectivity index (χ0) is 17.9. The van der Waals surface area contributed by atoms with Crippen molar-refractivity contribution in [3.05, 3.63) is 22.7 Å². The van der Waals surface area contributed by atoms with Crippen molar-refractivity contribution in [3.63, 3.8) is 0 Å². The number of carbonyl (C=O) groups is 2. The molecule has 0 radical (unpaired) electrons. The van der Waals surface area contributed by atoms with Gasteiger partial charge in [0.1, 0.15) is 11.5 Å². The molecule has 1 aliphatic heterocycles. The minimum Gasteiger partial charge on any atom is -0.465 e. The summed E-state index contributed by atoms with van der Waals surface area (Å²) >= 11 is 0. The van der Waals surface area contributed by atoms with Gasteiger partial charge in [-0.3, -0.25) is 9.59 Å². The highest BCUT2D eigenvalue weighted by molar-refractivity contribution is 6.04. The van der Waals surface area contributed by atoms with Crippen molar-refractivity contribution in [1.29, 1.82) is 0 Å². The third-order valence-electron chi connectivity index (χ3n) is 5.41. The summed E-state index contributed by atoms with van der Waals surface area (Å²) < 4.78 is 6.24. The number of rotatable bonds is 2. The largest absolute Gasteiger partial charge is 0.465 e. The lowest BCUT2D eigenvalue weighted by Crippen LogP contribution is -2.38. The predicted octanol–water partition coefficient (Wildman–Crippen LogP) is 4.97. The van der Waals surface area contributed by atoms with Crippen molar-refractivity contribution in [2.24, 2.45) is 22.7 Å². The Labute approximate surface area is 145 Å². The fourth-order valence-electron chi connectivity index (χ4n) is 4.52. The molecule has 2 aliphatic carbocycles. The fraction of sp³-hybridized carbons (Fsp3) is 0.714. The van der Waals surface area contributed by atoms with E-state index < -0.39 is 0 Å². The fourth-order valence-corrected chi connectivity index (χ4v) is 4.52. The molecule has 0 spiro atoms. The second kappa shape index (κ2) is 5.57. The van der Waals surface area contributed by atoms with Crippen LogP contribution in [0.1, 0.15) is 73.6 Å². The topological polar surface area (TPSA) is 43.4 Å². The van der Waals surface area contributed by atoms with Crippen molar-refractivity contribution >= 4 is 11.6 Å². The van der Waals surface area contributed by atoms with Gasteiger partial charge in [0, 0.05) is 42.7 Å². The van der Waals surface area contributed by atoms with Crippen LogP contribution in [0.4, 0.5) is 0 Å². The van der Waals surface area contributed by atoms with E-state index in [1.165, 1.54) is 0 Å². The van der Waals surface area contributed by atoms with E-state index in [4.69, 9.17) is 4.74 Å². The Kier molecular flexibility index (Phi) is 4.05. The Bertz CT molecular complexity index is 607. The van der Waals surface area contributed by atoms with Crippen molar-refractivity contribution in [1.82, 2.24) is 0 Å². The Balaban J connectivity index is 2.08. The number of ether oxygens (including phenoxy) is 1. The lowest BCUT2D eigenvalue weighted by Gasteiger charge is -2.43. The van der Waals surface area contributed by atoms with Gasteiger partial charge in [-0.25, -0.2) is 0 Å². The summed E-state index contributed by atoms with van der Waals surface area (Å²) in [6.07, 6.45) is 3.51. The maximum atomic E-state index is 12.9. The first-order valence-electron chi connectivity index (χ1n) is 9.19. The van der Waals surface area contributed by atoms with Crippen LogP contribution in [0, 0.1) is 22.7 Å². The van der Waals surface area contributed by atoms with Crippen LogP contribution in [0.15, 0.2) is 22.7 Å². The maximum Gasteiger partial charge on any atom is 0.163 e. The number of hydrogen-bond acceptors (Lipinski definition) is 3. The third kappa shape index (κ3) is 3.10. The minimum absolute atomic E-state index is 0.0593. The van der Waals surface area contributed by atoms with Crippen LogP contribution in [0.2, 0.25) is 0 Å². The van der Waals surface area contributed by atoms with E-state index in [2.05, 4.69) is 41.5 Å². The van der Waals surface area contributed by atoms with Gasteiger partial charge in [-0.2, -0.15) is 0 Å². The van der Waals surface area contributed by atoms with Crippen LogP contribution in [0.25, 0.3) is 0 Å². The van der Waals surface area contributed by atoms with Crippen molar-refractivity contribution in [3.8, 4) is 0 Å². The molecule has 0 aromatic heterocycles. The summed E-state index contributed by atoms with van der Waals surface area (Å²) in [5.41, 5.74) is 1.47. The van der Waals surface area contributed by atoms with Crippen LogP contribution < -0.4 is 0 Å². The van der Waals surface area contributed by atoms with Crippen molar-refractivity contribution < 1.29 is 14.3 Å². The normalized spacial score (nSPS) is 26.5. The van der Waals surface area contributed by atoms with E-state index in [1.807, 2.05) is 0 Å². The Hall–Kier alpha value is -1.38.